The number of rotatable bonds is 5. The van der Waals surface area contributed by atoms with Gasteiger partial charge in [-0.1, -0.05) is 0 Å². The molecule has 132 valence electrons. The van der Waals surface area contributed by atoms with Gasteiger partial charge in [0.1, 0.15) is 12.1 Å². The summed E-state index contributed by atoms with van der Waals surface area (Å²) in [6.45, 7) is 3.38. The Morgan fingerprint density at radius 2 is 2.29 bits per heavy atom. The number of amides is 3. The maximum atomic E-state index is 12.9. The van der Waals surface area contributed by atoms with E-state index in [1.54, 1.807) is 6.34 Å². The molecule has 0 aromatic rings. The van der Waals surface area contributed by atoms with E-state index in [0.29, 0.717) is 25.8 Å². The van der Waals surface area contributed by atoms with Crippen LogP contribution in [0, 0.1) is 0 Å². The van der Waals surface area contributed by atoms with Crippen molar-refractivity contribution >= 4 is 24.1 Å². The summed E-state index contributed by atoms with van der Waals surface area (Å²) in [4.78, 5) is 42.6. The highest BCUT2D eigenvalue weighted by molar-refractivity contribution is 5.94. The Kier molecular flexibility index (Phi) is 5.01. The number of carbonyl (C=O) groups excluding carboxylic acids is 3. The van der Waals surface area contributed by atoms with E-state index in [9.17, 15) is 14.4 Å². The Morgan fingerprint density at radius 3 is 2.88 bits per heavy atom. The van der Waals surface area contributed by atoms with Gasteiger partial charge in [-0.3, -0.25) is 19.4 Å². The molecule has 1 unspecified atom stereocenters. The number of aliphatic imine (C=N–C) groups is 1. The molecule has 3 heterocycles. The monoisotopic (exact) mass is 335 g/mol. The highest BCUT2D eigenvalue weighted by Crippen LogP contribution is 2.19. The molecule has 3 rings (SSSR count). The topological polar surface area (TPSA) is 103 Å². The summed E-state index contributed by atoms with van der Waals surface area (Å²) in [5.41, 5.74) is 0. The predicted octanol–water partition coefficient (Wildman–Crippen LogP) is -0.849. The lowest BCUT2D eigenvalue weighted by atomic mass is 10.0. The van der Waals surface area contributed by atoms with Crippen molar-refractivity contribution in [3.8, 4) is 0 Å². The highest BCUT2D eigenvalue weighted by atomic mass is 16.2. The fourth-order valence-corrected chi connectivity index (χ4v) is 3.58. The largest absolute Gasteiger partial charge is 0.372 e. The molecule has 3 aliphatic rings. The van der Waals surface area contributed by atoms with Gasteiger partial charge in [-0.05, 0) is 32.6 Å². The molecule has 0 spiro atoms. The van der Waals surface area contributed by atoms with Crippen molar-refractivity contribution in [3.63, 3.8) is 0 Å². The molecule has 0 saturated carbocycles. The molecule has 0 aromatic carbocycles. The van der Waals surface area contributed by atoms with Crippen molar-refractivity contribution in [1.29, 1.82) is 0 Å². The maximum Gasteiger partial charge on any atom is 0.245 e. The molecule has 3 N–H and O–H groups in total. The van der Waals surface area contributed by atoms with Crippen molar-refractivity contribution in [3.05, 3.63) is 0 Å². The van der Waals surface area contributed by atoms with E-state index in [-0.39, 0.29) is 29.8 Å². The van der Waals surface area contributed by atoms with E-state index < -0.39 is 12.1 Å². The van der Waals surface area contributed by atoms with Gasteiger partial charge >= 0.3 is 0 Å². The van der Waals surface area contributed by atoms with Gasteiger partial charge in [-0.15, -0.1) is 0 Å². The van der Waals surface area contributed by atoms with E-state index in [2.05, 4.69) is 20.9 Å². The van der Waals surface area contributed by atoms with Crippen LogP contribution in [-0.4, -0.2) is 66.2 Å². The molecule has 0 aliphatic carbocycles. The molecule has 3 amide bonds. The number of hydrogen-bond acceptors (Lipinski definition) is 5. The smallest absolute Gasteiger partial charge is 0.245 e. The average molecular weight is 335 g/mol. The van der Waals surface area contributed by atoms with Crippen LogP contribution in [0.4, 0.5) is 0 Å². The van der Waals surface area contributed by atoms with Crippen LogP contribution in [0.2, 0.25) is 0 Å². The fourth-order valence-electron chi connectivity index (χ4n) is 3.58. The third-order valence-electron chi connectivity index (χ3n) is 5.01. The molecule has 0 aromatic heterocycles. The molecule has 0 radical (unpaired) electrons. The Hall–Kier alpha value is -2.12. The van der Waals surface area contributed by atoms with Crippen LogP contribution < -0.4 is 16.0 Å². The second kappa shape index (κ2) is 7.19. The van der Waals surface area contributed by atoms with E-state index in [1.807, 2.05) is 11.8 Å². The van der Waals surface area contributed by atoms with Crippen molar-refractivity contribution < 1.29 is 14.4 Å². The third kappa shape index (κ3) is 3.68. The summed E-state index contributed by atoms with van der Waals surface area (Å²) in [5.74, 6) is -0.423. The molecule has 3 aliphatic heterocycles. The summed E-state index contributed by atoms with van der Waals surface area (Å²) < 4.78 is 0. The summed E-state index contributed by atoms with van der Waals surface area (Å²) in [6, 6.07) is -0.863. The van der Waals surface area contributed by atoms with Crippen LogP contribution in [-0.2, 0) is 14.4 Å². The second-order valence-corrected chi connectivity index (χ2v) is 6.84. The number of hydrogen-bond donors (Lipinski definition) is 3. The Labute approximate surface area is 141 Å². The summed E-state index contributed by atoms with van der Waals surface area (Å²) >= 11 is 0. The molecule has 8 heteroatoms. The van der Waals surface area contributed by atoms with Gasteiger partial charge in [0.15, 0.2) is 0 Å². The normalized spacial score (nSPS) is 30.1. The molecular weight excluding hydrogens is 310 g/mol. The molecule has 24 heavy (non-hydrogen) atoms. The lowest BCUT2D eigenvalue weighted by Crippen LogP contribution is -2.55. The molecule has 2 saturated heterocycles. The first kappa shape index (κ1) is 16.7. The summed E-state index contributed by atoms with van der Waals surface area (Å²) in [6.07, 6.45) is 4.97. The fraction of sp³-hybridized carbons (Fsp3) is 0.750. The first-order valence-corrected chi connectivity index (χ1v) is 8.69. The molecule has 4 atom stereocenters. The molecule has 2 fully saturated rings. The van der Waals surface area contributed by atoms with Crippen LogP contribution in [0.25, 0.3) is 0 Å². The minimum atomic E-state index is -0.588. The van der Waals surface area contributed by atoms with Gasteiger partial charge in [0.25, 0.3) is 0 Å². The number of carbonyl (C=O) groups is 3. The molecule has 0 bridgehead atoms. The zero-order valence-electron chi connectivity index (χ0n) is 14.0. The summed E-state index contributed by atoms with van der Waals surface area (Å²) in [7, 11) is 0. The minimum Gasteiger partial charge on any atom is -0.372 e. The van der Waals surface area contributed by atoms with Crippen LogP contribution in [0.1, 0.15) is 39.0 Å². The van der Waals surface area contributed by atoms with Crippen molar-refractivity contribution in [2.24, 2.45) is 4.99 Å². The van der Waals surface area contributed by atoms with Gasteiger partial charge in [0.05, 0.1) is 12.9 Å². The third-order valence-corrected chi connectivity index (χ3v) is 5.01. The van der Waals surface area contributed by atoms with Gasteiger partial charge < -0.3 is 20.9 Å². The van der Waals surface area contributed by atoms with Crippen molar-refractivity contribution in [2.75, 3.05) is 13.1 Å². The van der Waals surface area contributed by atoms with Gasteiger partial charge in [0.2, 0.25) is 17.7 Å². The Morgan fingerprint density at radius 1 is 1.46 bits per heavy atom. The maximum absolute atomic E-state index is 12.9. The first-order valence-electron chi connectivity index (χ1n) is 8.69. The van der Waals surface area contributed by atoms with Gasteiger partial charge in [-0.25, -0.2) is 0 Å². The Balaban J connectivity index is 1.65. The quantitative estimate of drug-likeness (QED) is 0.609. The van der Waals surface area contributed by atoms with Crippen molar-refractivity contribution in [2.45, 2.75) is 63.2 Å². The summed E-state index contributed by atoms with van der Waals surface area (Å²) in [5, 5.41) is 8.63. The first-order chi connectivity index (χ1) is 11.5. The lowest BCUT2D eigenvalue weighted by molar-refractivity contribution is -0.137. The zero-order valence-corrected chi connectivity index (χ0v) is 14.0. The van der Waals surface area contributed by atoms with E-state index in [4.69, 9.17) is 0 Å². The van der Waals surface area contributed by atoms with E-state index >= 15 is 0 Å². The molecule has 8 nitrogen and oxygen atoms in total. The van der Waals surface area contributed by atoms with Gasteiger partial charge in [-0.2, -0.15) is 0 Å². The van der Waals surface area contributed by atoms with Crippen LogP contribution >= 0.6 is 0 Å². The highest BCUT2D eigenvalue weighted by Gasteiger charge is 2.36. The second-order valence-electron chi connectivity index (χ2n) is 6.84. The van der Waals surface area contributed by atoms with E-state index in [1.165, 1.54) is 0 Å². The number of nitrogens with one attached hydrogen (secondary N) is 3. The minimum absolute atomic E-state index is 0.0358. The average Bonchev–Trinajstić information content (AvgIpc) is 3.28. The SMILES string of the molecule is C[C@H]1CCCN1C(=O)[C@@H](CC1CN=CN1)NC(=O)[C@@H]1CCC(=O)N1. The number of nitrogens with zero attached hydrogens (tertiary/aromatic N) is 2. The van der Waals surface area contributed by atoms with Crippen LogP contribution in [0.3, 0.4) is 0 Å². The van der Waals surface area contributed by atoms with Crippen LogP contribution in [0.15, 0.2) is 4.99 Å². The standard InChI is InChI=1S/C16H25N5O3/c1-10-3-2-6-21(10)16(24)13(7-11-8-17-9-18-11)20-15(23)12-4-5-14(22)19-12/h9-13H,2-8H2,1H3,(H,17,18)(H,19,22)(H,20,23)/t10-,11?,12-,13+/m0/s1. The van der Waals surface area contributed by atoms with E-state index in [0.717, 1.165) is 19.4 Å². The Bertz CT molecular complexity index is 542. The van der Waals surface area contributed by atoms with Crippen molar-refractivity contribution in [1.82, 2.24) is 20.9 Å². The lowest BCUT2D eigenvalue weighted by Gasteiger charge is -2.29. The zero-order chi connectivity index (χ0) is 17.1. The van der Waals surface area contributed by atoms with Gasteiger partial charge in [0, 0.05) is 25.0 Å². The predicted molar refractivity (Wildman–Crippen MR) is 88.4 cm³/mol. The number of likely N-dealkylation sites (tertiary alicyclic amines) is 1. The molecular formula is C16H25N5O3. The van der Waals surface area contributed by atoms with Crippen LogP contribution in [0.5, 0.6) is 0 Å².